The standard InChI is InChI=1S/C17H22N6O/c24-17(22-15-2-10-20-21-13-15)19-9-1-14-5-11-23(12-6-14)16-3-7-18-8-4-16/h2-4,7-8,10,13-14H,1,5-6,9,11-12H2,(H2,19,20,22,24). The molecule has 2 aromatic heterocycles. The molecule has 7 nitrogen and oxygen atoms in total. The summed E-state index contributed by atoms with van der Waals surface area (Å²) in [5.41, 5.74) is 1.89. The summed E-state index contributed by atoms with van der Waals surface area (Å²) in [6.07, 6.45) is 10.1. The molecule has 2 N–H and O–H groups in total. The van der Waals surface area contributed by atoms with Gasteiger partial charge < -0.3 is 15.5 Å². The van der Waals surface area contributed by atoms with E-state index < -0.39 is 0 Å². The van der Waals surface area contributed by atoms with Crippen LogP contribution >= 0.6 is 0 Å². The number of piperidine rings is 1. The topological polar surface area (TPSA) is 83.0 Å². The number of carbonyl (C=O) groups excluding carboxylic acids is 1. The summed E-state index contributed by atoms with van der Waals surface area (Å²) in [6, 6.07) is 5.62. The summed E-state index contributed by atoms with van der Waals surface area (Å²) in [4.78, 5) is 18.3. The molecule has 1 aliphatic heterocycles. The fourth-order valence-corrected chi connectivity index (χ4v) is 2.96. The first-order chi connectivity index (χ1) is 11.8. The number of pyridine rings is 1. The number of anilines is 2. The average Bonchev–Trinajstić information content (AvgIpc) is 2.64. The summed E-state index contributed by atoms with van der Waals surface area (Å²) in [5, 5.41) is 13.0. The molecule has 0 spiro atoms. The number of hydrogen-bond donors (Lipinski definition) is 2. The Bertz CT molecular complexity index is 628. The van der Waals surface area contributed by atoms with E-state index in [1.807, 2.05) is 12.4 Å². The third-order valence-electron chi connectivity index (χ3n) is 4.32. The summed E-state index contributed by atoms with van der Waals surface area (Å²) in [6.45, 7) is 2.80. The Morgan fingerprint density at radius 2 is 1.92 bits per heavy atom. The number of rotatable bonds is 5. The van der Waals surface area contributed by atoms with Crippen molar-refractivity contribution >= 4 is 17.4 Å². The van der Waals surface area contributed by atoms with Crippen molar-refractivity contribution in [3.05, 3.63) is 43.0 Å². The third kappa shape index (κ3) is 4.65. The van der Waals surface area contributed by atoms with Gasteiger partial charge in [0.1, 0.15) is 0 Å². The van der Waals surface area contributed by atoms with E-state index in [1.165, 1.54) is 11.9 Å². The number of urea groups is 1. The first-order valence-corrected chi connectivity index (χ1v) is 8.28. The molecule has 3 rings (SSSR count). The second kappa shape index (κ2) is 8.24. The molecule has 1 saturated heterocycles. The highest BCUT2D eigenvalue weighted by Crippen LogP contribution is 2.24. The molecular weight excluding hydrogens is 304 g/mol. The molecule has 0 radical (unpaired) electrons. The Hall–Kier alpha value is -2.70. The summed E-state index contributed by atoms with van der Waals surface area (Å²) < 4.78 is 0. The SMILES string of the molecule is O=C(NCCC1CCN(c2ccncc2)CC1)Nc1ccnnc1. The van der Waals surface area contributed by atoms with Crippen LogP contribution in [-0.4, -0.2) is 40.8 Å². The first kappa shape index (κ1) is 16.2. The van der Waals surface area contributed by atoms with Crippen molar-refractivity contribution in [3.63, 3.8) is 0 Å². The number of nitrogens with zero attached hydrogens (tertiary/aromatic N) is 4. The number of nitrogens with one attached hydrogen (secondary N) is 2. The monoisotopic (exact) mass is 326 g/mol. The van der Waals surface area contributed by atoms with Gasteiger partial charge in [-0.25, -0.2) is 4.79 Å². The van der Waals surface area contributed by atoms with Crippen LogP contribution in [0.4, 0.5) is 16.2 Å². The zero-order valence-electron chi connectivity index (χ0n) is 13.6. The van der Waals surface area contributed by atoms with E-state index in [0.717, 1.165) is 32.4 Å². The molecule has 0 aliphatic carbocycles. The van der Waals surface area contributed by atoms with Gasteiger partial charge in [-0.3, -0.25) is 4.98 Å². The molecule has 126 valence electrons. The van der Waals surface area contributed by atoms with Gasteiger partial charge in [0.2, 0.25) is 0 Å². The lowest BCUT2D eigenvalue weighted by Crippen LogP contribution is -2.36. The van der Waals surface area contributed by atoms with Crippen molar-refractivity contribution in [3.8, 4) is 0 Å². The Labute approximate surface area is 141 Å². The van der Waals surface area contributed by atoms with Crippen LogP contribution in [-0.2, 0) is 0 Å². The van der Waals surface area contributed by atoms with E-state index >= 15 is 0 Å². The molecule has 2 aromatic rings. The second-order valence-electron chi connectivity index (χ2n) is 5.94. The molecule has 0 aromatic carbocycles. The third-order valence-corrected chi connectivity index (χ3v) is 4.32. The highest BCUT2D eigenvalue weighted by Gasteiger charge is 2.19. The number of amides is 2. The quantitative estimate of drug-likeness (QED) is 0.881. The molecule has 0 bridgehead atoms. The zero-order chi connectivity index (χ0) is 16.6. The predicted octanol–water partition coefficient (Wildman–Crippen LogP) is 2.30. The fraction of sp³-hybridized carbons (Fsp3) is 0.412. The summed E-state index contributed by atoms with van der Waals surface area (Å²) in [5.74, 6) is 0.658. The second-order valence-corrected chi connectivity index (χ2v) is 5.94. The molecule has 1 fully saturated rings. The fourth-order valence-electron chi connectivity index (χ4n) is 2.96. The van der Waals surface area contributed by atoms with Gasteiger partial charge in [-0.15, -0.1) is 0 Å². The van der Waals surface area contributed by atoms with Gasteiger partial charge in [-0.1, -0.05) is 0 Å². The van der Waals surface area contributed by atoms with Crippen LogP contribution in [0, 0.1) is 5.92 Å². The number of carbonyl (C=O) groups is 1. The highest BCUT2D eigenvalue weighted by atomic mass is 16.2. The largest absolute Gasteiger partial charge is 0.371 e. The first-order valence-electron chi connectivity index (χ1n) is 8.28. The van der Waals surface area contributed by atoms with Crippen LogP contribution < -0.4 is 15.5 Å². The molecule has 1 aliphatic rings. The lowest BCUT2D eigenvalue weighted by Gasteiger charge is -2.33. The summed E-state index contributed by atoms with van der Waals surface area (Å²) >= 11 is 0. The predicted molar refractivity (Wildman–Crippen MR) is 92.8 cm³/mol. The van der Waals surface area contributed by atoms with Gasteiger partial charge in [-0.2, -0.15) is 10.2 Å². The van der Waals surface area contributed by atoms with Gasteiger partial charge in [0.05, 0.1) is 18.1 Å². The Kier molecular flexibility index (Phi) is 5.55. The van der Waals surface area contributed by atoms with Gasteiger partial charge in [0.15, 0.2) is 0 Å². The van der Waals surface area contributed by atoms with Crippen LogP contribution in [0.2, 0.25) is 0 Å². The van der Waals surface area contributed by atoms with Gasteiger partial charge in [0.25, 0.3) is 0 Å². The van der Waals surface area contributed by atoms with Crippen LogP contribution in [0.25, 0.3) is 0 Å². The van der Waals surface area contributed by atoms with E-state index in [-0.39, 0.29) is 6.03 Å². The van der Waals surface area contributed by atoms with Crippen LogP contribution in [0.15, 0.2) is 43.0 Å². The highest BCUT2D eigenvalue weighted by molar-refractivity contribution is 5.88. The lowest BCUT2D eigenvalue weighted by molar-refractivity contribution is 0.250. The van der Waals surface area contributed by atoms with Crippen LogP contribution in [0.1, 0.15) is 19.3 Å². The molecule has 24 heavy (non-hydrogen) atoms. The Morgan fingerprint density at radius 3 is 2.62 bits per heavy atom. The number of hydrogen-bond acceptors (Lipinski definition) is 5. The molecule has 0 unspecified atom stereocenters. The smallest absolute Gasteiger partial charge is 0.319 e. The normalized spacial score (nSPS) is 15.1. The molecule has 7 heteroatoms. The van der Waals surface area contributed by atoms with Crippen LogP contribution in [0.5, 0.6) is 0 Å². The average molecular weight is 326 g/mol. The molecular formula is C17H22N6O. The molecule has 0 saturated carbocycles. The maximum absolute atomic E-state index is 11.8. The zero-order valence-corrected chi connectivity index (χ0v) is 13.6. The van der Waals surface area contributed by atoms with Gasteiger partial charge >= 0.3 is 6.03 Å². The van der Waals surface area contributed by atoms with Crippen molar-refractivity contribution < 1.29 is 4.79 Å². The van der Waals surface area contributed by atoms with Gasteiger partial charge in [0, 0.05) is 37.7 Å². The van der Waals surface area contributed by atoms with E-state index in [2.05, 4.69) is 42.8 Å². The van der Waals surface area contributed by atoms with Crippen molar-refractivity contribution in [1.29, 1.82) is 0 Å². The molecule has 2 amide bonds. The molecule has 0 atom stereocenters. The maximum Gasteiger partial charge on any atom is 0.319 e. The van der Waals surface area contributed by atoms with Crippen LogP contribution in [0.3, 0.4) is 0 Å². The minimum absolute atomic E-state index is 0.197. The van der Waals surface area contributed by atoms with E-state index in [9.17, 15) is 4.79 Å². The number of aromatic nitrogens is 3. The molecule has 3 heterocycles. The van der Waals surface area contributed by atoms with Crippen molar-refractivity contribution in [2.75, 3.05) is 29.9 Å². The Morgan fingerprint density at radius 1 is 1.12 bits per heavy atom. The maximum atomic E-state index is 11.8. The van der Waals surface area contributed by atoms with Crippen molar-refractivity contribution in [2.24, 2.45) is 5.92 Å². The summed E-state index contributed by atoms with van der Waals surface area (Å²) in [7, 11) is 0. The van der Waals surface area contributed by atoms with E-state index in [0.29, 0.717) is 18.2 Å². The van der Waals surface area contributed by atoms with E-state index in [1.54, 1.807) is 12.3 Å². The van der Waals surface area contributed by atoms with Gasteiger partial charge in [-0.05, 0) is 43.4 Å². The van der Waals surface area contributed by atoms with Crippen molar-refractivity contribution in [2.45, 2.75) is 19.3 Å². The minimum atomic E-state index is -0.197. The Balaban J connectivity index is 1.34. The minimum Gasteiger partial charge on any atom is -0.371 e. The van der Waals surface area contributed by atoms with E-state index in [4.69, 9.17) is 0 Å². The lowest BCUT2D eigenvalue weighted by atomic mass is 9.93. The van der Waals surface area contributed by atoms with Crippen molar-refractivity contribution in [1.82, 2.24) is 20.5 Å².